The molecule has 1 saturated carbocycles. The maximum Gasteiger partial charge on any atom is 0.492 e. The molecule has 1 aromatic carbocycles. The van der Waals surface area contributed by atoms with Crippen molar-refractivity contribution in [2.45, 2.75) is 25.2 Å². The van der Waals surface area contributed by atoms with Gasteiger partial charge in [0.2, 0.25) is 6.79 Å². The Hall–Kier alpha value is -1.73. The zero-order chi connectivity index (χ0) is 14.3. The SMILES string of the molecule is O=C(O)CC(c1ccc2c(c1B(O)O)OCO2)C1CC1. The Morgan fingerprint density at radius 1 is 1.35 bits per heavy atom. The van der Waals surface area contributed by atoms with Crippen LogP contribution in [-0.2, 0) is 4.79 Å². The van der Waals surface area contributed by atoms with Crippen molar-refractivity contribution >= 4 is 18.6 Å². The van der Waals surface area contributed by atoms with Crippen molar-refractivity contribution in [3.8, 4) is 11.5 Å². The summed E-state index contributed by atoms with van der Waals surface area (Å²) in [6.07, 6.45) is 1.91. The number of carboxylic acids is 1. The molecule has 0 spiro atoms. The highest BCUT2D eigenvalue weighted by Crippen LogP contribution is 2.45. The average Bonchev–Trinajstić information content (AvgIpc) is 3.11. The minimum atomic E-state index is -1.71. The molecule has 6 nitrogen and oxygen atoms in total. The van der Waals surface area contributed by atoms with E-state index in [4.69, 9.17) is 14.6 Å². The third kappa shape index (κ3) is 2.34. The second kappa shape index (κ2) is 4.99. The number of rotatable bonds is 5. The minimum absolute atomic E-state index is 0.0238. The van der Waals surface area contributed by atoms with Crippen molar-refractivity contribution in [2.24, 2.45) is 5.92 Å². The third-order valence-electron chi connectivity index (χ3n) is 3.85. The Morgan fingerprint density at radius 3 is 2.70 bits per heavy atom. The molecule has 106 valence electrons. The summed E-state index contributed by atoms with van der Waals surface area (Å²) in [7, 11) is -1.71. The Morgan fingerprint density at radius 2 is 2.10 bits per heavy atom. The second-order valence-electron chi connectivity index (χ2n) is 5.22. The lowest BCUT2D eigenvalue weighted by Gasteiger charge is -2.19. The molecule has 2 aliphatic rings. The zero-order valence-corrected chi connectivity index (χ0v) is 10.8. The molecule has 20 heavy (non-hydrogen) atoms. The van der Waals surface area contributed by atoms with Crippen molar-refractivity contribution in [1.29, 1.82) is 0 Å². The predicted molar refractivity (Wildman–Crippen MR) is 70.1 cm³/mol. The van der Waals surface area contributed by atoms with Crippen LogP contribution in [0.5, 0.6) is 11.5 Å². The first kappa shape index (κ1) is 13.3. The fourth-order valence-corrected chi connectivity index (χ4v) is 2.82. The molecule has 1 atom stereocenters. The van der Waals surface area contributed by atoms with Crippen LogP contribution in [0.4, 0.5) is 0 Å². The third-order valence-corrected chi connectivity index (χ3v) is 3.85. The highest BCUT2D eigenvalue weighted by molar-refractivity contribution is 6.60. The quantitative estimate of drug-likeness (QED) is 0.659. The Kier molecular flexibility index (Phi) is 3.31. The van der Waals surface area contributed by atoms with Gasteiger partial charge in [-0.1, -0.05) is 6.07 Å². The van der Waals surface area contributed by atoms with E-state index in [-0.39, 0.29) is 30.5 Å². The van der Waals surface area contributed by atoms with Crippen LogP contribution in [0, 0.1) is 5.92 Å². The van der Waals surface area contributed by atoms with Gasteiger partial charge in [0, 0.05) is 5.46 Å². The molecule has 3 N–H and O–H groups in total. The van der Waals surface area contributed by atoms with Gasteiger partial charge in [-0.05, 0) is 36.3 Å². The molecular weight excluding hydrogens is 263 g/mol. The van der Waals surface area contributed by atoms with E-state index in [9.17, 15) is 14.8 Å². The number of aliphatic carboxylic acids is 1. The van der Waals surface area contributed by atoms with E-state index in [1.54, 1.807) is 12.1 Å². The lowest BCUT2D eigenvalue weighted by Crippen LogP contribution is -2.35. The van der Waals surface area contributed by atoms with Crippen LogP contribution in [0.3, 0.4) is 0 Å². The molecule has 1 aliphatic heterocycles. The van der Waals surface area contributed by atoms with Gasteiger partial charge < -0.3 is 24.6 Å². The molecule has 1 aliphatic carbocycles. The fraction of sp³-hybridized carbons (Fsp3) is 0.462. The molecule has 0 radical (unpaired) electrons. The van der Waals surface area contributed by atoms with E-state index in [0.717, 1.165) is 12.8 Å². The molecule has 0 bridgehead atoms. The van der Waals surface area contributed by atoms with Crippen molar-refractivity contribution in [3.63, 3.8) is 0 Å². The molecular formula is C13H15BO6. The van der Waals surface area contributed by atoms with Crippen molar-refractivity contribution in [3.05, 3.63) is 17.7 Å². The number of fused-ring (bicyclic) bond motifs is 1. The monoisotopic (exact) mass is 278 g/mol. The van der Waals surface area contributed by atoms with Gasteiger partial charge in [0.25, 0.3) is 0 Å². The fourth-order valence-electron chi connectivity index (χ4n) is 2.82. The number of hydrogen-bond acceptors (Lipinski definition) is 5. The summed E-state index contributed by atoms with van der Waals surface area (Å²) in [5.74, 6) is -0.0593. The minimum Gasteiger partial charge on any atom is -0.481 e. The van der Waals surface area contributed by atoms with E-state index < -0.39 is 13.1 Å². The van der Waals surface area contributed by atoms with Crippen molar-refractivity contribution in [2.75, 3.05) is 6.79 Å². The van der Waals surface area contributed by atoms with Crippen LogP contribution < -0.4 is 14.9 Å². The Bertz CT molecular complexity index is 540. The summed E-state index contributed by atoms with van der Waals surface area (Å²) in [6, 6.07) is 3.41. The van der Waals surface area contributed by atoms with E-state index in [0.29, 0.717) is 17.1 Å². The average molecular weight is 278 g/mol. The van der Waals surface area contributed by atoms with E-state index in [2.05, 4.69) is 0 Å². The van der Waals surface area contributed by atoms with Crippen LogP contribution in [0.15, 0.2) is 12.1 Å². The topological polar surface area (TPSA) is 96.2 Å². The van der Waals surface area contributed by atoms with E-state index >= 15 is 0 Å². The molecule has 0 amide bonds. The number of carbonyl (C=O) groups is 1. The standard InChI is InChI=1S/C13H15BO6/c15-11(16)5-9(7-1-2-7)8-3-4-10-13(20-6-19-10)12(8)14(17)18/h3-4,7,9,17-18H,1-2,5-6H2,(H,15,16). The van der Waals surface area contributed by atoms with E-state index in [1.165, 1.54) is 0 Å². The lowest BCUT2D eigenvalue weighted by atomic mass is 9.71. The summed E-state index contributed by atoms with van der Waals surface area (Å²) in [4.78, 5) is 11.0. The van der Waals surface area contributed by atoms with Gasteiger partial charge in [-0.3, -0.25) is 4.79 Å². The zero-order valence-electron chi connectivity index (χ0n) is 10.8. The first-order valence-electron chi connectivity index (χ1n) is 6.58. The molecule has 0 aromatic heterocycles. The first-order chi connectivity index (χ1) is 9.58. The van der Waals surface area contributed by atoms with Gasteiger partial charge in [0.1, 0.15) is 0 Å². The summed E-state index contributed by atoms with van der Waals surface area (Å²) in [5.41, 5.74) is 0.868. The number of benzene rings is 1. The summed E-state index contributed by atoms with van der Waals surface area (Å²) < 4.78 is 10.5. The molecule has 1 heterocycles. The summed E-state index contributed by atoms with van der Waals surface area (Å²) >= 11 is 0. The highest BCUT2D eigenvalue weighted by atomic mass is 16.7. The molecule has 1 aromatic rings. The van der Waals surface area contributed by atoms with Gasteiger partial charge in [0.05, 0.1) is 6.42 Å². The van der Waals surface area contributed by atoms with Gasteiger partial charge in [-0.15, -0.1) is 0 Å². The van der Waals surface area contributed by atoms with Gasteiger partial charge >= 0.3 is 13.1 Å². The number of ether oxygens (including phenoxy) is 2. The summed E-state index contributed by atoms with van der Waals surface area (Å²) in [6.45, 7) is 0.0333. The molecule has 3 rings (SSSR count). The predicted octanol–water partition coefficient (Wildman–Crippen LogP) is 0.0634. The first-order valence-corrected chi connectivity index (χ1v) is 6.58. The molecule has 0 saturated heterocycles. The van der Waals surface area contributed by atoms with Crippen LogP contribution in [0.25, 0.3) is 0 Å². The number of hydrogen-bond donors (Lipinski definition) is 3. The lowest BCUT2D eigenvalue weighted by molar-refractivity contribution is -0.137. The van der Waals surface area contributed by atoms with Gasteiger partial charge in [-0.25, -0.2) is 0 Å². The largest absolute Gasteiger partial charge is 0.492 e. The maximum atomic E-state index is 11.0. The van der Waals surface area contributed by atoms with Gasteiger partial charge in [-0.2, -0.15) is 0 Å². The Balaban J connectivity index is 2.05. The van der Waals surface area contributed by atoms with E-state index in [1.807, 2.05) is 0 Å². The molecule has 1 unspecified atom stereocenters. The van der Waals surface area contributed by atoms with Crippen molar-refractivity contribution in [1.82, 2.24) is 0 Å². The molecule has 1 fully saturated rings. The Labute approximate surface area is 116 Å². The highest BCUT2D eigenvalue weighted by Gasteiger charge is 2.38. The normalized spacial score (nSPS) is 17.9. The van der Waals surface area contributed by atoms with Crippen LogP contribution in [0.2, 0.25) is 0 Å². The van der Waals surface area contributed by atoms with Crippen LogP contribution in [0.1, 0.15) is 30.7 Å². The van der Waals surface area contributed by atoms with Crippen LogP contribution >= 0.6 is 0 Å². The number of carboxylic acid groups (broad SMARTS) is 1. The molecule has 7 heteroatoms. The summed E-state index contributed by atoms with van der Waals surface area (Å²) in [5, 5.41) is 28.3. The maximum absolute atomic E-state index is 11.0. The van der Waals surface area contributed by atoms with Crippen LogP contribution in [-0.4, -0.2) is 35.0 Å². The second-order valence-corrected chi connectivity index (χ2v) is 5.22. The smallest absolute Gasteiger partial charge is 0.481 e. The van der Waals surface area contributed by atoms with Gasteiger partial charge in [0.15, 0.2) is 11.5 Å². The van der Waals surface area contributed by atoms with Crippen molar-refractivity contribution < 1.29 is 29.4 Å².